The van der Waals surface area contributed by atoms with Gasteiger partial charge in [-0.05, 0) is 50.6 Å². The van der Waals surface area contributed by atoms with Gasteiger partial charge in [-0.2, -0.15) is 13.2 Å². The first-order valence-electron chi connectivity index (χ1n) is 10.0. The molecular formula is C23H23F4NO4. The number of halogens is 4. The Morgan fingerprint density at radius 2 is 1.81 bits per heavy atom. The van der Waals surface area contributed by atoms with E-state index in [2.05, 4.69) is 5.32 Å². The molecule has 0 spiro atoms. The third kappa shape index (κ3) is 5.27. The summed E-state index contributed by atoms with van der Waals surface area (Å²) in [6, 6.07) is 4.88. The predicted molar refractivity (Wildman–Crippen MR) is 111 cm³/mol. The standard InChI is InChI=1S/C23H23F4NO4/c1-4-31-21(30)17(11-22(2,3)24)28-20(23(25,26)27)14-6-7-15-16-9-13(12-29)5-8-18(16)32-19(15)10-14/h5-10,12,17,20,28H,4,11H2,1-3H3/t17-,20-/m0/s1. The Morgan fingerprint density at radius 1 is 1.09 bits per heavy atom. The summed E-state index contributed by atoms with van der Waals surface area (Å²) < 4.78 is 66.6. The second kappa shape index (κ2) is 8.90. The second-order valence-electron chi connectivity index (χ2n) is 8.10. The first-order chi connectivity index (χ1) is 14.9. The number of ether oxygens (including phenoxy) is 1. The van der Waals surface area contributed by atoms with Crippen molar-refractivity contribution in [3.8, 4) is 0 Å². The number of hydrogen-bond donors (Lipinski definition) is 1. The van der Waals surface area contributed by atoms with Crippen LogP contribution < -0.4 is 5.32 Å². The van der Waals surface area contributed by atoms with Gasteiger partial charge < -0.3 is 9.15 Å². The molecule has 0 bridgehead atoms. The van der Waals surface area contributed by atoms with Gasteiger partial charge in [0.2, 0.25) is 0 Å². The van der Waals surface area contributed by atoms with Crippen LogP contribution in [0.3, 0.4) is 0 Å². The fourth-order valence-corrected chi connectivity index (χ4v) is 3.58. The fourth-order valence-electron chi connectivity index (χ4n) is 3.58. The number of benzene rings is 2. The molecule has 1 aromatic heterocycles. The normalized spacial score (nSPS) is 14.5. The summed E-state index contributed by atoms with van der Waals surface area (Å²) in [7, 11) is 0. The van der Waals surface area contributed by atoms with Crippen molar-refractivity contribution in [3.05, 3.63) is 47.5 Å². The van der Waals surface area contributed by atoms with Crippen molar-refractivity contribution in [2.24, 2.45) is 0 Å². The van der Waals surface area contributed by atoms with Crippen molar-refractivity contribution >= 4 is 34.2 Å². The number of aldehydes is 1. The third-order valence-electron chi connectivity index (χ3n) is 4.94. The molecule has 0 aliphatic rings. The zero-order valence-corrected chi connectivity index (χ0v) is 17.8. The van der Waals surface area contributed by atoms with Gasteiger partial charge in [0.15, 0.2) is 0 Å². The maximum Gasteiger partial charge on any atom is 0.407 e. The summed E-state index contributed by atoms with van der Waals surface area (Å²) in [5.74, 6) is -0.960. The van der Waals surface area contributed by atoms with Gasteiger partial charge in [0, 0.05) is 22.8 Å². The van der Waals surface area contributed by atoms with E-state index in [1.165, 1.54) is 39.0 Å². The number of alkyl halides is 4. The van der Waals surface area contributed by atoms with Crippen molar-refractivity contribution in [2.45, 2.75) is 51.1 Å². The molecular weight excluding hydrogens is 430 g/mol. The average molecular weight is 453 g/mol. The monoisotopic (exact) mass is 453 g/mol. The lowest BCUT2D eigenvalue weighted by Crippen LogP contribution is -2.47. The van der Waals surface area contributed by atoms with E-state index < -0.39 is 36.3 Å². The van der Waals surface area contributed by atoms with Gasteiger partial charge >= 0.3 is 12.1 Å². The topological polar surface area (TPSA) is 68.5 Å². The van der Waals surface area contributed by atoms with Crippen LogP contribution in [0.5, 0.6) is 0 Å². The molecule has 2 atom stereocenters. The van der Waals surface area contributed by atoms with Crippen LogP contribution >= 0.6 is 0 Å². The molecule has 0 aliphatic heterocycles. The van der Waals surface area contributed by atoms with Crippen molar-refractivity contribution in [3.63, 3.8) is 0 Å². The first-order valence-corrected chi connectivity index (χ1v) is 10.0. The summed E-state index contributed by atoms with van der Waals surface area (Å²) >= 11 is 0. The zero-order chi connectivity index (χ0) is 23.7. The second-order valence-corrected chi connectivity index (χ2v) is 8.10. The molecule has 9 heteroatoms. The number of rotatable bonds is 8. The van der Waals surface area contributed by atoms with Crippen LogP contribution in [0.1, 0.15) is 49.2 Å². The highest BCUT2D eigenvalue weighted by molar-refractivity contribution is 6.06. The van der Waals surface area contributed by atoms with E-state index in [0.717, 1.165) is 0 Å². The van der Waals surface area contributed by atoms with Crippen LogP contribution in [-0.4, -0.2) is 36.7 Å². The number of carbonyl (C=O) groups excluding carboxylic acids is 2. The lowest BCUT2D eigenvalue weighted by atomic mass is 9.97. The maximum atomic E-state index is 14.2. The molecule has 3 aromatic rings. The minimum Gasteiger partial charge on any atom is -0.465 e. The first kappa shape index (κ1) is 23.7. The average Bonchev–Trinajstić information content (AvgIpc) is 3.06. The van der Waals surface area contributed by atoms with Crippen LogP contribution in [0.2, 0.25) is 0 Å². The molecule has 1 heterocycles. The van der Waals surface area contributed by atoms with E-state index in [4.69, 9.17) is 9.15 Å². The lowest BCUT2D eigenvalue weighted by molar-refractivity contribution is -0.165. The summed E-state index contributed by atoms with van der Waals surface area (Å²) in [6.45, 7) is 3.82. The molecule has 1 N–H and O–H groups in total. The molecule has 0 saturated carbocycles. The number of nitrogens with one attached hydrogen (secondary N) is 1. The van der Waals surface area contributed by atoms with Crippen molar-refractivity contribution < 1.29 is 36.3 Å². The highest BCUT2D eigenvalue weighted by atomic mass is 19.4. The molecule has 3 rings (SSSR count). The Hall–Kier alpha value is -2.94. The third-order valence-corrected chi connectivity index (χ3v) is 4.94. The van der Waals surface area contributed by atoms with Gasteiger partial charge in [0.05, 0.1) is 6.61 Å². The Balaban J connectivity index is 2.03. The van der Waals surface area contributed by atoms with Crippen molar-refractivity contribution in [1.82, 2.24) is 5.32 Å². The Bertz CT molecular complexity index is 1130. The van der Waals surface area contributed by atoms with E-state index in [1.54, 1.807) is 18.2 Å². The molecule has 0 radical (unpaired) electrons. The summed E-state index contributed by atoms with van der Waals surface area (Å²) in [5.41, 5.74) is -1.09. The van der Waals surface area contributed by atoms with Crippen LogP contribution in [0, 0.1) is 0 Å². The molecule has 2 aromatic carbocycles. The van der Waals surface area contributed by atoms with Gasteiger partial charge in [0.1, 0.15) is 35.2 Å². The van der Waals surface area contributed by atoms with Crippen molar-refractivity contribution in [1.29, 1.82) is 0 Å². The summed E-state index contributed by atoms with van der Waals surface area (Å²) in [5, 5.41) is 3.38. The van der Waals surface area contributed by atoms with E-state index >= 15 is 0 Å². The number of fused-ring (bicyclic) bond motifs is 3. The van der Waals surface area contributed by atoms with Crippen molar-refractivity contribution in [2.75, 3.05) is 6.61 Å². The smallest absolute Gasteiger partial charge is 0.407 e. The van der Waals surface area contributed by atoms with Crippen LogP contribution in [0.15, 0.2) is 40.8 Å². The number of furan rings is 1. The predicted octanol–water partition coefficient (Wildman–Crippen LogP) is 5.66. The van der Waals surface area contributed by atoms with Gasteiger partial charge in [-0.1, -0.05) is 12.1 Å². The molecule has 0 unspecified atom stereocenters. The highest BCUT2D eigenvalue weighted by Gasteiger charge is 2.44. The number of carbonyl (C=O) groups is 2. The molecule has 32 heavy (non-hydrogen) atoms. The minimum absolute atomic E-state index is 0.0475. The Labute approximate surface area is 181 Å². The van der Waals surface area contributed by atoms with E-state index in [9.17, 15) is 27.2 Å². The quantitative estimate of drug-likeness (QED) is 0.271. The molecule has 0 fully saturated rings. The Kier molecular flexibility index (Phi) is 6.59. The lowest BCUT2D eigenvalue weighted by Gasteiger charge is -2.29. The largest absolute Gasteiger partial charge is 0.465 e. The zero-order valence-electron chi connectivity index (χ0n) is 17.8. The van der Waals surface area contributed by atoms with Crippen LogP contribution in [0.25, 0.3) is 21.9 Å². The summed E-state index contributed by atoms with van der Waals surface area (Å²) in [6.07, 6.45) is -4.62. The van der Waals surface area contributed by atoms with E-state index in [1.807, 2.05) is 0 Å². The fraction of sp³-hybridized carbons (Fsp3) is 0.391. The maximum absolute atomic E-state index is 14.2. The minimum atomic E-state index is -4.78. The van der Waals surface area contributed by atoms with Crippen LogP contribution in [0.4, 0.5) is 17.6 Å². The van der Waals surface area contributed by atoms with E-state index in [-0.39, 0.29) is 17.8 Å². The number of esters is 1. The molecule has 172 valence electrons. The highest BCUT2D eigenvalue weighted by Crippen LogP contribution is 2.37. The SMILES string of the molecule is CCOC(=O)[C@H](CC(C)(C)F)N[C@@H](c1ccc2c(c1)oc1ccc(C=O)cc12)C(F)(F)F. The molecule has 0 saturated heterocycles. The van der Waals surface area contributed by atoms with Gasteiger partial charge in [-0.15, -0.1) is 0 Å². The molecule has 0 aliphatic carbocycles. The Morgan fingerprint density at radius 3 is 2.41 bits per heavy atom. The van der Waals surface area contributed by atoms with Gasteiger partial charge in [-0.25, -0.2) is 4.39 Å². The molecule has 5 nitrogen and oxygen atoms in total. The van der Waals surface area contributed by atoms with E-state index in [0.29, 0.717) is 28.2 Å². The summed E-state index contributed by atoms with van der Waals surface area (Å²) in [4.78, 5) is 23.3. The molecule has 0 amide bonds. The number of hydrogen-bond acceptors (Lipinski definition) is 5. The van der Waals surface area contributed by atoms with Crippen LogP contribution in [-0.2, 0) is 9.53 Å². The van der Waals surface area contributed by atoms with Gasteiger partial charge in [0.25, 0.3) is 0 Å². The van der Waals surface area contributed by atoms with Gasteiger partial charge in [-0.3, -0.25) is 14.9 Å².